The lowest BCUT2D eigenvalue weighted by molar-refractivity contribution is -0.129. The molecule has 0 fully saturated rings. The van der Waals surface area contributed by atoms with Gasteiger partial charge in [0.15, 0.2) is 0 Å². The van der Waals surface area contributed by atoms with Crippen molar-refractivity contribution < 1.29 is 4.79 Å². The molecule has 1 amide bonds. The quantitative estimate of drug-likeness (QED) is 0.575. The van der Waals surface area contributed by atoms with Crippen LogP contribution in [0.4, 0.5) is 0 Å². The predicted molar refractivity (Wildman–Crippen MR) is 92.7 cm³/mol. The number of aromatic nitrogens is 4. The second-order valence-electron chi connectivity index (χ2n) is 5.12. The van der Waals surface area contributed by atoms with Gasteiger partial charge in [-0.3, -0.25) is 4.79 Å². The first-order valence-electron chi connectivity index (χ1n) is 7.28. The van der Waals surface area contributed by atoms with Gasteiger partial charge < -0.3 is 4.90 Å². The summed E-state index contributed by atoms with van der Waals surface area (Å²) in [6.45, 7) is 12.2. The molecule has 2 aromatic heterocycles. The van der Waals surface area contributed by atoms with Gasteiger partial charge in [0.2, 0.25) is 11.1 Å². The standard InChI is InChI=1S/C16H21N5OS/c1-6-8-20(9-7-2)14(22)10-13-11(3)17-15-18-16(23-5)19-21(15)12(13)4/h6-7H,1-2,8-10H2,3-5H3. The number of hydrogen-bond donors (Lipinski definition) is 0. The van der Waals surface area contributed by atoms with Gasteiger partial charge in [-0.25, -0.2) is 9.50 Å². The molecule has 0 atom stereocenters. The zero-order valence-electron chi connectivity index (χ0n) is 13.7. The molecule has 0 aromatic carbocycles. The molecule has 122 valence electrons. The van der Waals surface area contributed by atoms with Crippen LogP contribution in [0.15, 0.2) is 30.5 Å². The SMILES string of the molecule is C=CCN(CC=C)C(=O)Cc1c(C)nc2nc(SC)nn2c1C. The van der Waals surface area contributed by atoms with Crippen molar-refractivity contribution in [3.63, 3.8) is 0 Å². The molecule has 0 N–H and O–H groups in total. The largest absolute Gasteiger partial charge is 0.335 e. The molecule has 0 aliphatic heterocycles. The van der Waals surface area contributed by atoms with Crippen LogP contribution < -0.4 is 0 Å². The number of thioether (sulfide) groups is 1. The Morgan fingerprint density at radius 2 is 1.91 bits per heavy atom. The maximum absolute atomic E-state index is 12.5. The first-order chi connectivity index (χ1) is 11.0. The van der Waals surface area contributed by atoms with Gasteiger partial charge in [0.05, 0.1) is 6.42 Å². The van der Waals surface area contributed by atoms with E-state index in [4.69, 9.17) is 0 Å². The van der Waals surface area contributed by atoms with Crippen molar-refractivity contribution in [2.75, 3.05) is 19.3 Å². The van der Waals surface area contributed by atoms with Gasteiger partial charge in [-0.2, -0.15) is 4.98 Å². The van der Waals surface area contributed by atoms with E-state index in [1.165, 1.54) is 11.8 Å². The van der Waals surface area contributed by atoms with Crippen molar-refractivity contribution in [1.29, 1.82) is 0 Å². The minimum Gasteiger partial charge on any atom is -0.335 e. The van der Waals surface area contributed by atoms with Crippen LogP contribution in [0, 0.1) is 13.8 Å². The van der Waals surface area contributed by atoms with E-state index in [2.05, 4.69) is 28.2 Å². The van der Waals surface area contributed by atoms with Crippen LogP contribution >= 0.6 is 11.8 Å². The topological polar surface area (TPSA) is 63.4 Å². The third kappa shape index (κ3) is 3.61. The van der Waals surface area contributed by atoms with Gasteiger partial charge in [-0.15, -0.1) is 18.3 Å². The highest BCUT2D eigenvalue weighted by Crippen LogP contribution is 2.17. The summed E-state index contributed by atoms with van der Waals surface area (Å²) < 4.78 is 1.70. The lowest BCUT2D eigenvalue weighted by Gasteiger charge is -2.20. The maximum atomic E-state index is 12.5. The Morgan fingerprint density at radius 3 is 2.48 bits per heavy atom. The zero-order chi connectivity index (χ0) is 17.0. The summed E-state index contributed by atoms with van der Waals surface area (Å²) in [4.78, 5) is 23.1. The number of aryl methyl sites for hydroxylation is 2. The summed E-state index contributed by atoms with van der Waals surface area (Å²) in [5, 5.41) is 5.08. The van der Waals surface area contributed by atoms with Gasteiger partial charge in [0.1, 0.15) is 0 Å². The molecule has 2 aromatic rings. The second kappa shape index (κ2) is 7.41. The summed E-state index contributed by atoms with van der Waals surface area (Å²) in [7, 11) is 0. The molecule has 0 saturated carbocycles. The van der Waals surface area contributed by atoms with Gasteiger partial charge in [-0.05, 0) is 20.1 Å². The van der Waals surface area contributed by atoms with Crippen LogP contribution in [0.3, 0.4) is 0 Å². The van der Waals surface area contributed by atoms with Gasteiger partial charge in [0.25, 0.3) is 5.78 Å². The molecule has 2 heterocycles. The molecule has 0 unspecified atom stereocenters. The minimum absolute atomic E-state index is 0.0161. The van der Waals surface area contributed by atoms with E-state index in [1.54, 1.807) is 21.6 Å². The van der Waals surface area contributed by atoms with E-state index in [1.807, 2.05) is 20.1 Å². The molecule has 0 bridgehead atoms. The molecule has 0 spiro atoms. The normalized spacial score (nSPS) is 10.7. The van der Waals surface area contributed by atoms with E-state index in [-0.39, 0.29) is 12.3 Å². The zero-order valence-corrected chi connectivity index (χ0v) is 14.6. The fourth-order valence-corrected chi connectivity index (χ4v) is 2.72. The van der Waals surface area contributed by atoms with Crippen LogP contribution in [0.2, 0.25) is 0 Å². The highest BCUT2D eigenvalue weighted by atomic mass is 32.2. The first kappa shape index (κ1) is 17.2. The van der Waals surface area contributed by atoms with Crippen LogP contribution in [-0.2, 0) is 11.2 Å². The summed E-state index contributed by atoms with van der Waals surface area (Å²) >= 11 is 1.47. The highest BCUT2D eigenvalue weighted by molar-refractivity contribution is 7.98. The predicted octanol–water partition coefficient (Wildman–Crippen LogP) is 2.21. The number of fused-ring (bicyclic) bond motifs is 1. The Kier molecular flexibility index (Phi) is 5.54. The van der Waals surface area contributed by atoms with Gasteiger partial charge >= 0.3 is 0 Å². The second-order valence-corrected chi connectivity index (χ2v) is 5.90. The molecule has 7 heteroatoms. The Morgan fingerprint density at radius 1 is 1.26 bits per heavy atom. The molecular weight excluding hydrogens is 310 g/mol. The number of amides is 1. The Hall–Kier alpha value is -2.15. The van der Waals surface area contributed by atoms with E-state index in [0.717, 1.165) is 17.0 Å². The van der Waals surface area contributed by atoms with Crippen LogP contribution in [0.1, 0.15) is 17.0 Å². The molecular formula is C16H21N5OS. The van der Waals surface area contributed by atoms with Crippen LogP contribution in [0.25, 0.3) is 5.78 Å². The molecule has 0 saturated heterocycles. The van der Waals surface area contributed by atoms with Gasteiger partial charge in [0, 0.05) is 30.0 Å². The fraction of sp³-hybridized carbons (Fsp3) is 0.375. The van der Waals surface area contributed by atoms with Crippen molar-refractivity contribution in [3.05, 3.63) is 42.3 Å². The lowest BCUT2D eigenvalue weighted by Crippen LogP contribution is -2.33. The van der Waals surface area contributed by atoms with E-state index in [0.29, 0.717) is 24.0 Å². The number of carbonyl (C=O) groups is 1. The molecule has 2 rings (SSSR count). The Balaban J connectivity index is 2.36. The van der Waals surface area contributed by atoms with Crippen molar-refractivity contribution >= 4 is 23.4 Å². The summed E-state index contributed by atoms with van der Waals surface area (Å²) in [5.41, 5.74) is 2.59. The van der Waals surface area contributed by atoms with E-state index >= 15 is 0 Å². The molecule has 0 radical (unpaired) electrons. The number of rotatable bonds is 7. The van der Waals surface area contributed by atoms with Crippen molar-refractivity contribution in [2.24, 2.45) is 0 Å². The summed E-state index contributed by atoms with van der Waals surface area (Å²) in [6, 6.07) is 0. The monoisotopic (exact) mass is 331 g/mol. The van der Waals surface area contributed by atoms with Gasteiger partial charge in [-0.1, -0.05) is 23.9 Å². The van der Waals surface area contributed by atoms with E-state index < -0.39 is 0 Å². The maximum Gasteiger partial charge on any atom is 0.253 e. The van der Waals surface area contributed by atoms with Crippen molar-refractivity contribution in [1.82, 2.24) is 24.5 Å². The number of hydrogen-bond acceptors (Lipinski definition) is 5. The van der Waals surface area contributed by atoms with Crippen LogP contribution in [-0.4, -0.2) is 49.7 Å². The Bertz CT molecular complexity index is 742. The first-order valence-corrected chi connectivity index (χ1v) is 8.50. The molecule has 0 aliphatic rings. The van der Waals surface area contributed by atoms with Crippen molar-refractivity contribution in [2.45, 2.75) is 25.4 Å². The lowest BCUT2D eigenvalue weighted by atomic mass is 10.1. The van der Waals surface area contributed by atoms with E-state index in [9.17, 15) is 4.79 Å². The summed E-state index contributed by atoms with van der Waals surface area (Å²) in [5.74, 6) is 0.581. The number of nitrogens with zero attached hydrogens (tertiary/aromatic N) is 5. The smallest absolute Gasteiger partial charge is 0.253 e. The van der Waals surface area contributed by atoms with Crippen LogP contribution in [0.5, 0.6) is 0 Å². The molecule has 0 aliphatic carbocycles. The third-order valence-corrected chi connectivity index (χ3v) is 4.13. The average Bonchev–Trinajstić information content (AvgIpc) is 2.94. The third-order valence-electron chi connectivity index (χ3n) is 3.59. The Labute approximate surface area is 140 Å². The average molecular weight is 331 g/mol. The number of carbonyl (C=O) groups excluding carboxylic acids is 1. The van der Waals surface area contributed by atoms with Crippen molar-refractivity contribution in [3.8, 4) is 0 Å². The fourth-order valence-electron chi connectivity index (χ4n) is 2.39. The molecule has 6 nitrogen and oxygen atoms in total. The molecule has 23 heavy (non-hydrogen) atoms. The minimum atomic E-state index is 0.0161. The highest BCUT2D eigenvalue weighted by Gasteiger charge is 2.18. The summed E-state index contributed by atoms with van der Waals surface area (Å²) in [6.07, 6.45) is 5.62.